The molecule has 180 valence electrons. The SMILES string of the molecule is C=C1/C=C(OCC(F)(F)F)\C=N/CC(NC(=O)C2CC2c2ccc(C(C)(C)C)cc2)CCC1. The molecule has 3 rings (SSSR count). The Hall–Kier alpha value is -2.57. The van der Waals surface area contributed by atoms with Crippen LogP contribution < -0.4 is 5.32 Å². The molecule has 3 atom stereocenters. The van der Waals surface area contributed by atoms with E-state index < -0.39 is 12.8 Å². The number of benzene rings is 1. The molecule has 7 heteroatoms. The van der Waals surface area contributed by atoms with E-state index in [0.29, 0.717) is 18.5 Å². The van der Waals surface area contributed by atoms with Crippen molar-refractivity contribution >= 4 is 12.1 Å². The number of nitrogens with one attached hydrogen (secondary N) is 1. The van der Waals surface area contributed by atoms with Crippen LogP contribution in [0.25, 0.3) is 0 Å². The first kappa shape index (κ1) is 25.1. The molecular formula is C26H33F3N2O2. The molecule has 1 N–H and O–H groups in total. The van der Waals surface area contributed by atoms with Crippen molar-refractivity contribution in [2.24, 2.45) is 10.9 Å². The van der Waals surface area contributed by atoms with Gasteiger partial charge in [0, 0.05) is 12.0 Å². The third kappa shape index (κ3) is 7.76. The second kappa shape index (κ2) is 10.1. The number of aliphatic imine (C=N–C) groups is 1. The molecule has 0 spiro atoms. The number of hydrogen-bond acceptors (Lipinski definition) is 3. The number of nitrogens with zero attached hydrogens (tertiary/aromatic N) is 1. The maximum atomic E-state index is 12.8. The molecule has 1 aliphatic heterocycles. The Kier molecular flexibility index (Phi) is 7.70. The summed E-state index contributed by atoms with van der Waals surface area (Å²) >= 11 is 0. The van der Waals surface area contributed by atoms with E-state index in [2.05, 4.69) is 61.9 Å². The number of rotatable bonds is 5. The van der Waals surface area contributed by atoms with Crippen molar-refractivity contribution in [1.29, 1.82) is 0 Å². The van der Waals surface area contributed by atoms with E-state index in [-0.39, 0.29) is 35.0 Å². The number of allylic oxidation sites excluding steroid dienone is 3. The Labute approximate surface area is 194 Å². The first-order valence-electron chi connectivity index (χ1n) is 11.4. The molecule has 1 amide bonds. The molecule has 1 aromatic rings. The van der Waals surface area contributed by atoms with Gasteiger partial charge in [0.2, 0.25) is 5.91 Å². The molecule has 1 aliphatic carbocycles. The number of carbonyl (C=O) groups excluding carboxylic acids is 1. The van der Waals surface area contributed by atoms with Gasteiger partial charge in [-0.05, 0) is 54.2 Å². The smallest absolute Gasteiger partial charge is 0.422 e. The predicted octanol–water partition coefficient (Wildman–Crippen LogP) is 5.85. The second-order valence-electron chi connectivity index (χ2n) is 10.0. The monoisotopic (exact) mass is 462 g/mol. The number of hydrogen-bond donors (Lipinski definition) is 1. The van der Waals surface area contributed by atoms with Crippen LogP contribution in [0, 0.1) is 5.92 Å². The van der Waals surface area contributed by atoms with Crippen LogP contribution in [0.2, 0.25) is 0 Å². The second-order valence-corrected chi connectivity index (χ2v) is 10.0. The van der Waals surface area contributed by atoms with Gasteiger partial charge >= 0.3 is 6.18 Å². The highest BCUT2D eigenvalue weighted by Gasteiger charge is 2.44. The summed E-state index contributed by atoms with van der Waals surface area (Å²) in [6, 6.07) is 8.34. The summed E-state index contributed by atoms with van der Waals surface area (Å²) in [4.78, 5) is 17.1. The van der Waals surface area contributed by atoms with Gasteiger partial charge in [0.05, 0.1) is 12.8 Å². The van der Waals surface area contributed by atoms with Gasteiger partial charge in [-0.25, -0.2) is 0 Å². The van der Waals surface area contributed by atoms with Gasteiger partial charge in [-0.1, -0.05) is 57.2 Å². The lowest BCUT2D eigenvalue weighted by Gasteiger charge is -2.19. The highest BCUT2D eigenvalue weighted by Crippen LogP contribution is 2.47. The van der Waals surface area contributed by atoms with Crippen molar-refractivity contribution < 1.29 is 22.7 Å². The predicted molar refractivity (Wildman–Crippen MR) is 124 cm³/mol. The van der Waals surface area contributed by atoms with E-state index >= 15 is 0 Å². The lowest BCUT2D eigenvalue weighted by Crippen LogP contribution is -2.38. The van der Waals surface area contributed by atoms with Gasteiger partial charge in [0.1, 0.15) is 5.76 Å². The summed E-state index contributed by atoms with van der Waals surface area (Å²) in [6.45, 7) is 9.32. The Morgan fingerprint density at radius 3 is 2.55 bits per heavy atom. The van der Waals surface area contributed by atoms with Crippen molar-refractivity contribution in [3.05, 3.63) is 59.4 Å². The molecule has 1 heterocycles. The van der Waals surface area contributed by atoms with Gasteiger partial charge in [0.15, 0.2) is 6.61 Å². The van der Waals surface area contributed by atoms with Crippen molar-refractivity contribution in [3.63, 3.8) is 0 Å². The van der Waals surface area contributed by atoms with Crippen LogP contribution in [0.1, 0.15) is 63.5 Å². The molecule has 1 fully saturated rings. The van der Waals surface area contributed by atoms with Crippen molar-refractivity contribution in [1.82, 2.24) is 5.32 Å². The molecule has 0 bridgehead atoms. The summed E-state index contributed by atoms with van der Waals surface area (Å²) < 4.78 is 42.3. The third-order valence-electron chi connectivity index (χ3n) is 6.02. The van der Waals surface area contributed by atoms with E-state index in [1.54, 1.807) is 0 Å². The Bertz CT molecular complexity index is 911. The zero-order valence-corrected chi connectivity index (χ0v) is 19.5. The topological polar surface area (TPSA) is 50.7 Å². The van der Waals surface area contributed by atoms with Crippen LogP contribution in [0.15, 0.2) is 53.2 Å². The number of halogens is 3. The van der Waals surface area contributed by atoms with E-state index in [1.165, 1.54) is 23.4 Å². The maximum Gasteiger partial charge on any atom is 0.422 e. The van der Waals surface area contributed by atoms with Gasteiger partial charge in [0.25, 0.3) is 0 Å². The quantitative estimate of drug-likeness (QED) is 0.597. The van der Waals surface area contributed by atoms with Crippen LogP contribution >= 0.6 is 0 Å². The first-order valence-corrected chi connectivity index (χ1v) is 11.4. The summed E-state index contributed by atoms with van der Waals surface area (Å²) in [5.41, 5.74) is 3.21. The van der Waals surface area contributed by atoms with Crippen molar-refractivity contribution in [3.8, 4) is 0 Å². The zero-order chi connectivity index (χ0) is 24.2. The minimum Gasteiger partial charge on any atom is -0.483 e. The average Bonchev–Trinajstić information content (AvgIpc) is 3.51. The average molecular weight is 463 g/mol. The fraction of sp³-hybridized carbons (Fsp3) is 0.538. The first-order chi connectivity index (χ1) is 15.4. The summed E-state index contributed by atoms with van der Waals surface area (Å²) in [5, 5.41) is 3.10. The highest BCUT2D eigenvalue weighted by atomic mass is 19.4. The Morgan fingerprint density at radius 2 is 1.91 bits per heavy atom. The molecule has 0 aromatic heterocycles. The minimum atomic E-state index is -4.42. The summed E-state index contributed by atoms with van der Waals surface area (Å²) in [5.74, 6) is 0.225. The molecule has 0 radical (unpaired) electrons. The fourth-order valence-corrected chi connectivity index (χ4v) is 4.00. The minimum absolute atomic E-state index is 0.0140. The van der Waals surface area contributed by atoms with Gasteiger partial charge < -0.3 is 10.1 Å². The van der Waals surface area contributed by atoms with Crippen LogP contribution in [0.3, 0.4) is 0 Å². The van der Waals surface area contributed by atoms with Gasteiger partial charge in [-0.2, -0.15) is 13.2 Å². The third-order valence-corrected chi connectivity index (χ3v) is 6.02. The Morgan fingerprint density at radius 1 is 1.21 bits per heavy atom. The zero-order valence-electron chi connectivity index (χ0n) is 19.5. The molecular weight excluding hydrogens is 429 g/mol. The van der Waals surface area contributed by atoms with E-state index in [4.69, 9.17) is 4.74 Å². The molecule has 2 aliphatic rings. The lowest BCUT2D eigenvalue weighted by atomic mass is 9.86. The van der Waals surface area contributed by atoms with Crippen molar-refractivity contribution in [2.75, 3.05) is 13.2 Å². The molecule has 4 nitrogen and oxygen atoms in total. The van der Waals surface area contributed by atoms with Gasteiger partial charge in [-0.15, -0.1) is 0 Å². The highest BCUT2D eigenvalue weighted by molar-refractivity contribution is 5.83. The number of alkyl halides is 3. The largest absolute Gasteiger partial charge is 0.483 e. The van der Waals surface area contributed by atoms with E-state index in [1.807, 2.05) is 0 Å². The maximum absolute atomic E-state index is 12.8. The molecule has 1 aromatic carbocycles. The van der Waals surface area contributed by atoms with Crippen LogP contribution in [-0.2, 0) is 14.9 Å². The van der Waals surface area contributed by atoms with Crippen LogP contribution in [0.5, 0.6) is 0 Å². The lowest BCUT2D eigenvalue weighted by molar-refractivity contribution is -0.163. The standard InChI is InChI=1S/C26H33F3N2O2/c1-17-6-5-7-20(14-30-15-21(12-17)33-16-26(27,28)29)31-24(32)23-13-22(23)18-8-10-19(11-9-18)25(2,3)4/h8-12,15,20,22-23H,1,5-7,13-14,16H2,2-4H3,(H,31,32)/b21-12+,30-15-. The molecule has 3 unspecified atom stereocenters. The van der Waals surface area contributed by atoms with Crippen LogP contribution in [0.4, 0.5) is 13.2 Å². The fourth-order valence-electron chi connectivity index (χ4n) is 4.00. The molecule has 33 heavy (non-hydrogen) atoms. The number of carbonyl (C=O) groups is 1. The summed E-state index contributed by atoms with van der Waals surface area (Å²) in [6.07, 6.45) is 1.29. The molecule has 1 saturated carbocycles. The van der Waals surface area contributed by atoms with Crippen molar-refractivity contribution in [2.45, 2.75) is 70.0 Å². The van der Waals surface area contributed by atoms with E-state index in [9.17, 15) is 18.0 Å². The van der Waals surface area contributed by atoms with Crippen LogP contribution in [-0.4, -0.2) is 37.5 Å². The number of ether oxygens (including phenoxy) is 1. The Balaban J connectivity index is 1.56. The number of amides is 1. The van der Waals surface area contributed by atoms with E-state index in [0.717, 1.165) is 19.3 Å². The normalized spacial score (nSPS) is 26.7. The summed E-state index contributed by atoms with van der Waals surface area (Å²) in [7, 11) is 0. The van der Waals surface area contributed by atoms with Gasteiger partial charge in [-0.3, -0.25) is 9.79 Å². The molecule has 0 saturated heterocycles.